The summed E-state index contributed by atoms with van der Waals surface area (Å²) in [5, 5.41) is 12.7. The van der Waals surface area contributed by atoms with Crippen LogP contribution in [0.5, 0.6) is 0 Å². The summed E-state index contributed by atoms with van der Waals surface area (Å²) in [7, 11) is 2.17. The molecule has 1 saturated heterocycles. The molecule has 2 unspecified atom stereocenters. The smallest absolute Gasteiger partial charge is 0.101 e. The minimum Gasteiger partial charge on any atom is -0.381 e. The molecule has 1 fully saturated rings. The zero-order chi connectivity index (χ0) is 13.1. The predicted molar refractivity (Wildman–Crippen MR) is 74.6 cm³/mol. The Bertz CT molecular complexity index is 461. The highest BCUT2D eigenvalue weighted by atomic mass is 15.1. The molecule has 3 heteroatoms. The number of nitrogens with one attached hydrogen (secondary N) is 1. The minimum atomic E-state index is 0.477. The van der Waals surface area contributed by atoms with Crippen molar-refractivity contribution in [3.8, 4) is 6.07 Å². The van der Waals surface area contributed by atoms with Crippen molar-refractivity contribution >= 4 is 5.69 Å². The van der Waals surface area contributed by atoms with Gasteiger partial charge in [0, 0.05) is 18.6 Å². The summed E-state index contributed by atoms with van der Waals surface area (Å²) in [5.74, 6) is 0. The van der Waals surface area contributed by atoms with Gasteiger partial charge in [-0.15, -0.1) is 0 Å². The maximum atomic E-state index is 9.13. The molecule has 2 rings (SSSR count). The SMILES string of the molecule is Cc1ccc(C#N)c(NC2CCN(C)C(C)C2)c1. The number of likely N-dealkylation sites (tertiary alicyclic amines) is 1. The molecule has 1 aliphatic heterocycles. The molecular formula is C15H21N3. The highest BCUT2D eigenvalue weighted by Gasteiger charge is 2.23. The van der Waals surface area contributed by atoms with Crippen LogP contribution in [0.25, 0.3) is 0 Å². The third-order valence-corrected chi connectivity index (χ3v) is 3.86. The van der Waals surface area contributed by atoms with Crippen molar-refractivity contribution in [3.05, 3.63) is 29.3 Å². The number of rotatable bonds is 2. The molecule has 1 aliphatic rings. The van der Waals surface area contributed by atoms with Crippen LogP contribution in [0, 0.1) is 18.3 Å². The molecule has 0 saturated carbocycles. The van der Waals surface area contributed by atoms with Gasteiger partial charge in [0.25, 0.3) is 0 Å². The standard InChI is InChI=1S/C15H21N3/c1-11-4-5-13(10-16)15(8-11)17-14-6-7-18(3)12(2)9-14/h4-5,8,12,14,17H,6-7,9H2,1-3H3. The highest BCUT2D eigenvalue weighted by molar-refractivity contribution is 5.59. The van der Waals surface area contributed by atoms with Crippen molar-refractivity contribution in [2.24, 2.45) is 0 Å². The molecule has 0 radical (unpaired) electrons. The number of benzene rings is 1. The Hall–Kier alpha value is -1.53. The lowest BCUT2D eigenvalue weighted by Crippen LogP contribution is -2.42. The first-order valence-electron chi connectivity index (χ1n) is 6.57. The number of piperidine rings is 1. The van der Waals surface area contributed by atoms with Gasteiger partial charge in [0.1, 0.15) is 6.07 Å². The lowest BCUT2D eigenvalue weighted by atomic mass is 9.98. The summed E-state index contributed by atoms with van der Waals surface area (Å²) < 4.78 is 0. The van der Waals surface area contributed by atoms with E-state index in [4.69, 9.17) is 5.26 Å². The van der Waals surface area contributed by atoms with E-state index in [0.717, 1.165) is 30.6 Å². The molecule has 96 valence electrons. The van der Waals surface area contributed by atoms with Gasteiger partial charge in [0.15, 0.2) is 0 Å². The lowest BCUT2D eigenvalue weighted by molar-refractivity contribution is 0.190. The first kappa shape index (κ1) is 12.9. The van der Waals surface area contributed by atoms with Gasteiger partial charge in [-0.2, -0.15) is 5.26 Å². The second-order valence-corrected chi connectivity index (χ2v) is 5.36. The normalized spacial score (nSPS) is 24.6. The first-order chi connectivity index (χ1) is 8.60. The zero-order valence-electron chi connectivity index (χ0n) is 11.4. The fourth-order valence-electron chi connectivity index (χ4n) is 2.52. The topological polar surface area (TPSA) is 39.1 Å². The van der Waals surface area contributed by atoms with Crippen LogP contribution < -0.4 is 5.32 Å². The molecule has 1 N–H and O–H groups in total. The maximum Gasteiger partial charge on any atom is 0.101 e. The molecule has 2 atom stereocenters. The van der Waals surface area contributed by atoms with E-state index in [1.54, 1.807) is 0 Å². The molecule has 1 aromatic carbocycles. The quantitative estimate of drug-likeness (QED) is 0.868. The third kappa shape index (κ3) is 2.83. The van der Waals surface area contributed by atoms with Crippen LogP contribution in [0.1, 0.15) is 30.9 Å². The molecule has 3 nitrogen and oxygen atoms in total. The van der Waals surface area contributed by atoms with Crippen LogP contribution in [0.4, 0.5) is 5.69 Å². The number of hydrogen-bond donors (Lipinski definition) is 1. The Labute approximate surface area is 109 Å². The molecule has 0 amide bonds. The van der Waals surface area contributed by atoms with Gasteiger partial charge < -0.3 is 10.2 Å². The molecule has 1 heterocycles. The van der Waals surface area contributed by atoms with Crippen molar-refractivity contribution in [3.63, 3.8) is 0 Å². The minimum absolute atomic E-state index is 0.477. The van der Waals surface area contributed by atoms with Crippen LogP contribution in [0.2, 0.25) is 0 Å². The number of nitrogens with zero attached hydrogens (tertiary/aromatic N) is 2. The summed E-state index contributed by atoms with van der Waals surface area (Å²) in [6.07, 6.45) is 2.27. The molecule has 18 heavy (non-hydrogen) atoms. The Morgan fingerprint density at radius 1 is 1.44 bits per heavy atom. The predicted octanol–water partition coefficient (Wildman–Crippen LogP) is 2.76. The van der Waals surface area contributed by atoms with Crippen LogP contribution in [0.3, 0.4) is 0 Å². The van der Waals surface area contributed by atoms with Crippen LogP contribution in [-0.4, -0.2) is 30.6 Å². The van der Waals surface area contributed by atoms with E-state index in [1.807, 2.05) is 12.1 Å². The number of nitriles is 1. The van der Waals surface area contributed by atoms with Crippen molar-refractivity contribution in [1.29, 1.82) is 5.26 Å². The van der Waals surface area contributed by atoms with E-state index >= 15 is 0 Å². The van der Waals surface area contributed by atoms with E-state index in [2.05, 4.69) is 43.2 Å². The third-order valence-electron chi connectivity index (χ3n) is 3.86. The second kappa shape index (κ2) is 5.41. The van der Waals surface area contributed by atoms with E-state index < -0.39 is 0 Å². The van der Waals surface area contributed by atoms with Crippen LogP contribution in [-0.2, 0) is 0 Å². The van der Waals surface area contributed by atoms with Crippen LogP contribution >= 0.6 is 0 Å². The molecule has 0 spiro atoms. The molecule has 0 aliphatic carbocycles. The van der Waals surface area contributed by atoms with Gasteiger partial charge in [-0.3, -0.25) is 0 Å². The average Bonchev–Trinajstić information content (AvgIpc) is 2.34. The van der Waals surface area contributed by atoms with Gasteiger partial charge in [-0.25, -0.2) is 0 Å². The largest absolute Gasteiger partial charge is 0.381 e. The molecule has 1 aromatic rings. The maximum absolute atomic E-state index is 9.13. The Balaban J connectivity index is 2.10. The van der Waals surface area contributed by atoms with E-state index in [-0.39, 0.29) is 0 Å². The fourth-order valence-corrected chi connectivity index (χ4v) is 2.52. The second-order valence-electron chi connectivity index (χ2n) is 5.36. The van der Waals surface area contributed by atoms with Crippen molar-refractivity contribution in [2.75, 3.05) is 18.9 Å². The molecule has 0 aromatic heterocycles. The molecular weight excluding hydrogens is 222 g/mol. The van der Waals surface area contributed by atoms with Crippen molar-refractivity contribution in [1.82, 2.24) is 4.90 Å². The summed E-state index contributed by atoms with van der Waals surface area (Å²) in [5.41, 5.74) is 2.92. The highest BCUT2D eigenvalue weighted by Crippen LogP contribution is 2.23. The number of aryl methyl sites for hydroxylation is 1. The van der Waals surface area contributed by atoms with Gasteiger partial charge >= 0.3 is 0 Å². The van der Waals surface area contributed by atoms with Crippen molar-refractivity contribution < 1.29 is 0 Å². The fraction of sp³-hybridized carbons (Fsp3) is 0.533. The zero-order valence-corrected chi connectivity index (χ0v) is 11.4. The van der Waals surface area contributed by atoms with Gasteiger partial charge in [-0.05, 0) is 51.4 Å². The summed E-state index contributed by atoms with van der Waals surface area (Å²) in [6.45, 7) is 5.44. The summed E-state index contributed by atoms with van der Waals surface area (Å²) in [4.78, 5) is 2.39. The van der Waals surface area contributed by atoms with Gasteiger partial charge in [0.05, 0.1) is 11.3 Å². The van der Waals surface area contributed by atoms with Gasteiger partial charge in [-0.1, -0.05) is 6.07 Å². The van der Waals surface area contributed by atoms with Crippen molar-refractivity contribution in [2.45, 2.75) is 38.8 Å². The summed E-state index contributed by atoms with van der Waals surface area (Å²) in [6, 6.07) is 9.30. The number of anilines is 1. The summed E-state index contributed by atoms with van der Waals surface area (Å²) >= 11 is 0. The Morgan fingerprint density at radius 2 is 2.22 bits per heavy atom. The lowest BCUT2D eigenvalue weighted by Gasteiger charge is -2.36. The number of hydrogen-bond acceptors (Lipinski definition) is 3. The van der Waals surface area contributed by atoms with E-state index in [9.17, 15) is 0 Å². The van der Waals surface area contributed by atoms with E-state index in [0.29, 0.717) is 12.1 Å². The van der Waals surface area contributed by atoms with Gasteiger partial charge in [0.2, 0.25) is 0 Å². The first-order valence-corrected chi connectivity index (χ1v) is 6.57. The Morgan fingerprint density at radius 3 is 2.89 bits per heavy atom. The monoisotopic (exact) mass is 243 g/mol. The average molecular weight is 243 g/mol. The Kier molecular flexibility index (Phi) is 3.88. The van der Waals surface area contributed by atoms with E-state index in [1.165, 1.54) is 5.56 Å². The van der Waals surface area contributed by atoms with Crippen LogP contribution in [0.15, 0.2) is 18.2 Å². The molecule has 0 bridgehead atoms.